The van der Waals surface area contributed by atoms with Crippen molar-refractivity contribution in [1.82, 2.24) is 15.5 Å². The molecule has 4 N–H and O–H groups in total. The summed E-state index contributed by atoms with van der Waals surface area (Å²) in [5, 5.41) is 28.0. The lowest BCUT2D eigenvalue weighted by Gasteiger charge is -2.64. The molecule has 5 atom stereocenters. The summed E-state index contributed by atoms with van der Waals surface area (Å²) >= 11 is 0. The van der Waals surface area contributed by atoms with Gasteiger partial charge in [0, 0.05) is 24.2 Å². The molecule has 0 unspecified atom stereocenters. The summed E-state index contributed by atoms with van der Waals surface area (Å²) in [5.41, 5.74) is -2.93. The predicted octanol–water partition coefficient (Wildman–Crippen LogP) is 0.175. The number of hydrogen-bond donors (Lipinski definition) is 4. The molecule has 3 amide bonds. The van der Waals surface area contributed by atoms with Gasteiger partial charge in [-0.2, -0.15) is 0 Å². The van der Waals surface area contributed by atoms with Crippen molar-refractivity contribution in [2.75, 3.05) is 13.1 Å². The summed E-state index contributed by atoms with van der Waals surface area (Å²) in [5.74, 6) is -0.0702. The molecule has 3 aliphatic carbocycles. The number of carbonyl (C=O) groups excluding carboxylic acids is 3. The van der Waals surface area contributed by atoms with E-state index in [2.05, 4.69) is 15.5 Å². The van der Waals surface area contributed by atoms with Crippen molar-refractivity contribution in [2.45, 2.75) is 60.8 Å². The summed E-state index contributed by atoms with van der Waals surface area (Å²) in [6.45, 7) is 1.35. The largest absolute Gasteiger partial charge is 0.504 e. The van der Waals surface area contributed by atoms with E-state index in [1.54, 1.807) is 6.07 Å². The Kier molecular flexibility index (Phi) is 3.02. The van der Waals surface area contributed by atoms with Crippen LogP contribution in [0.3, 0.4) is 0 Å². The first-order valence-corrected chi connectivity index (χ1v) is 11.0. The number of benzene rings is 1. The van der Waals surface area contributed by atoms with Gasteiger partial charge in [-0.3, -0.25) is 19.8 Å². The van der Waals surface area contributed by atoms with Gasteiger partial charge in [-0.25, -0.2) is 4.79 Å². The summed E-state index contributed by atoms with van der Waals surface area (Å²) in [6, 6.07) is 1.72. The number of aliphatic hydroxyl groups is 1. The number of nitrogens with zero attached hydrogens (tertiary/aromatic N) is 1. The molecule has 6 aliphatic rings. The van der Waals surface area contributed by atoms with Gasteiger partial charge < -0.3 is 20.3 Å². The van der Waals surface area contributed by atoms with Gasteiger partial charge in [0.15, 0.2) is 22.8 Å². The second-order valence-corrected chi connectivity index (χ2v) is 10.1. The fraction of sp³-hybridized carbons (Fsp3) is 0.591. The van der Waals surface area contributed by atoms with Crippen molar-refractivity contribution >= 4 is 17.7 Å². The molecule has 9 nitrogen and oxygen atoms in total. The van der Waals surface area contributed by atoms with Gasteiger partial charge in [-0.15, -0.1) is 0 Å². The minimum absolute atomic E-state index is 0.128. The Hall–Kier alpha value is -2.65. The lowest BCUT2D eigenvalue weighted by atomic mass is 9.46. The third-order valence-corrected chi connectivity index (χ3v) is 8.67. The standard InChI is InChI=1S/C22H23N3O6/c26-12-4-3-11-13-15(12)31-17-20(13)7-8-25(9-10-1-2-10)16(14(11)27)22(20,30)6-5-21(17)18(28)23-19(29)24-21/h3-4,10,16-17,26,30H,1-2,5-9H2,(H2,23,24,28,29)/t16-,17-,20+,21+,22-/m1/s1. The number of carbonyl (C=O) groups is 3. The van der Waals surface area contributed by atoms with Crippen molar-refractivity contribution < 1.29 is 29.3 Å². The van der Waals surface area contributed by atoms with E-state index in [-0.39, 0.29) is 30.1 Å². The zero-order valence-electron chi connectivity index (χ0n) is 16.8. The highest BCUT2D eigenvalue weighted by Crippen LogP contribution is 2.67. The highest BCUT2D eigenvalue weighted by Gasteiger charge is 2.79. The second-order valence-electron chi connectivity index (χ2n) is 10.1. The maximum Gasteiger partial charge on any atom is 0.322 e. The Bertz CT molecular complexity index is 1100. The van der Waals surface area contributed by atoms with E-state index in [1.807, 2.05) is 0 Å². The molecule has 31 heavy (non-hydrogen) atoms. The third kappa shape index (κ3) is 1.82. The molecule has 2 bridgehead atoms. The van der Waals surface area contributed by atoms with Gasteiger partial charge >= 0.3 is 6.03 Å². The average molecular weight is 425 g/mol. The number of phenols is 1. The summed E-state index contributed by atoms with van der Waals surface area (Å²) < 4.78 is 6.25. The molecule has 4 fully saturated rings. The minimum atomic E-state index is -1.45. The van der Waals surface area contributed by atoms with Crippen LogP contribution in [0.2, 0.25) is 0 Å². The first kappa shape index (κ1) is 18.0. The Labute approximate surface area is 177 Å². The molecule has 2 saturated heterocycles. The minimum Gasteiger partial charge on any atom is -0.504 e. The van der Waals surface area contributed by atoms with E-state index in [1.165, 1.54) is 6.07 Å². The first-order valence-electron chi connectivity index (χ1n) is 11.0. The highest BCUT2D eigenvalue weighted by atomic mass is 16.5. The third-order valence-electron chi connectivity index (χ3n) is 8.67. The van der Waals surface area contributed by atoms with Crippen LogP contribution in [0.4, 0.5) is 4.79 Å². The van der Waals surface area contributed by atoms with Crippen molar-refractivity contribution in [1.29, 1.82) is 0 Å². The van der Waals surface area contributed by atoms with E-state index < -0.39 is 40.6 Å². The molecule has 2 spiro atoms. The number of likely N-dealkylation sites (tertiary alicyclic amines) is 1. The number of fused-ring (bicyclic) bond motifs is 1. The maximum absolute atomic E-state index is 13.7. The van der Waals surface area contributed by atoms with E-state index in [0.717, 1.165) is 19.4 Å². The Balaban J connectivity index is 1.49. The van der Waals surface area contributed by atoms with Crippen LogP contribution in [0.15, 0.2) is 12.1 Å². The van der Waals surface area contributed by atoms with Crippen LogP contribution in [0.1, 0.15) is 48.0 Å². The number of nitrogens with one attached hydrogen (secondary N) is 2. The second kappa shape index (κ2) is 5.21. The van der Waals surface area contributed by atoms with Crippen LogP contribution in [0.5, 0.6) is 11.5 Å². The molecule has 2 saturated carbocycles. The molecular weight excluding hydrogens is 402 g/mol. The van der Waals surface area contributed by atoms with Crippen LogP contribution < -0.4 is 15.4 Å². The number of rotatable bonds is 2. The van der Waals surface area contributed by atoms with E-state index >= 15 is 0 Å². The van der Waals surface area contributed by atoms with Crippen LogP contribution in [0, 0.1) is 5.92 Å². The fourth-order valence-corrected chi connectivity index (χ4v) is 7.22. The average Bonchev–Trinajstić information content (AvgIpc) is 3.39. The number of piperidine rings is 1. The van der Waals surface area contributed by atoms with Crippen LogP contribution in [-0.4, -0.2) is 69.2 Å². The van der Waals surface area contributed by atoms with Gasteiger partial charge in [0.05, 0.1) is 5.41 Å². The van der Waals surface area contributed by atoms with Gasteiger partial charge in [-0.1, -0.05) is 0 Å². The molecule has 0 aromatic heterocycles. The number of ether oxygens (including phenoxy) is 1. The van der Waals surface area contributed by atoms with E-state index in [9.17, 15) is 24.6 Å². The smallest absolute Gasteiger partial charge is 0.322 e. The molecule has 3 aliphatic heterocycles. The van der Waals surface area contributed by atoms with Crippen LogP contribution >= 0.6 is 0 Å². The summed E-state index contributed by atoms with van der Waals surface area (Å²) in [4.78, 5) is 41.0. The maximum atomic E-state index is 13.7. The number of ketones is 1. The zero-order chi connectivity index (χ0) is 21.3. The summed E-state index contributed by atoms with van der Waals surface area (Å²) in [6.07, 6.45) is 2.16. The number of amides is 3. The zero-order valence-corrected chi connectivity index (χ0v) is 16.8. The molecule has 9 heteroatoms. The fourth-order valence-electron chi connectivity index (χ4n) is 7.22. The molecule has 3 heterocycles. The quantitative estimate of drug-likeness (QED) is 0.498. The van der Waals surface area contributed by atoms with E-state index in [4.69, 9.17) is 4.74 Å². The molecule has 7 rings (SSSR count). The normalized spacial score (nSPS) is 42.3. The predicted molar refractivity (Wildman–Crippen MR) is 105 cm³/mol. The van der Waals surface area contributed by atoms with Crippen molar-refractivity contribution in [2.24, 2.45) is 5.92 Å². The van der Waals surface area contributed by atoms with Gasteiger partial charge in [0.2, 0.25) is 0 Å². The van der Waals surface area contributed by atoms with Gasteiger partial charge in [-0.05, 0) is 50.2 Å². The highest BCUT2D eigenvalue weighted by molar-refractivity contribution is 6.10. The van der Waals surface area contributed by atoms with E-state index in [0.29, 0.717) is 30.0 Å². The van der Waals surface area contributed by atoms with Crippen LogP contribution in [-0.2, 0) is 10.2 Å². The number of hydrogen-bond acceptors (Lipinski definition) is 7. The number of phenolic OH excluding ortho intramolecular Hbond substituents is 1. The summed E-state index contributed by atoms with van der Waals surface area (Å²) in [7, 11) is 0. The number of Topliss-reactive ketones (excluding diaryl/α,β-unsaturated/α-hetero) is 1. The number of imide groups is 1. The molecule has 1 aromatic rings. The molecule has 162 valence electrons. The Morgan fingerprint density at radius 1 is 1.16 bits per heavy atom. The monoisotopic (exact) mass is 425 g/mol. The van der Waals surface area contributed by atoms with Gasteiger partial charge in [0.1, 0.15) is 17.7 Å². The van der Waals surface area contributed by atoms with Gasteiger partial charge in [0.25, 0.3) is 5.91 Å². The lowest BCUT2D eigenvalue weighted by molar-refractivity contribution is -0.191. The topological polar surface area (TPSA) is 128 Å². The van der Waals surface area contributed by atoms with Crippen molar-refractivity contribution in [3.05, 3.63) is 23.3 Å². The SMILES string of the molecule is O=C1NC(=O)[C@@]2(CC[C@@]3(O)[C@H]4C(=O)c5ccc(O)c6c5[C@@]3(CCN4CC3CC3)[C@H]2O6)N1. The Morgan fingerprint density at radius 2 is 1.97 bits per heavy atom. The molecule has 0 radical (unpaired) electrons. The van der Waals surface area contributed by atoms with Crippen molar-refractivity contribution in [3.63, 3.8) is 0 Å². The number of urea groups is 1. The van der Waals surface area contributed by atoms with Crippen molar-refractivity contribution in [3.8, 4) is 11.5 Å². The Morgan fingerprint density at radius 3 is 2.68 bits per heavy atom. The lowest BCUT2D eigenvalue weighted by Crippen LogP contribution is -2.82. The van der Waals surface area contributed by atoms with Crippen LogP contribution in [0.25, 0.3) is 0 Å². The molecular formula is C22H23N3O6. The first-order chi connectivity index (χ1) is 14.8. The number of aromatic hydroxyl groups is 1. The molecule has 1 aromatic carbocycles.